The standard InChI is InChI=1S/C27H25ClN4O2S/c1-17-6-9-19(10-7-17)15-29-26(34)27(3)16-31-23(14-21(30-31)24-5-4-12-35-24)25(33)32(27)22-13-20(28)11-8-18(22)2/h4-14H,15-16H2,1-3H3,(H,29,34)/t27-/m0/s1. The normalized spacial score (nSPS) is 17.4. The van der Waals surface area contributed by atoms with Crippen LogP contribution >= 0.6 is 22.9 Å². The highest BCUT2D eigenvalue weighted by Crippen LogP contribution is 2.37. The van der Waals surface area contributed by atoms with Crippen LogP contribution in [-0.4, -0.2) is 27.1 Å². The van der Waals surface area contributed by atoms with E-state index in [-0.39, 0.29) is 18.4 Å². The van der Waals surface area contributed by atoms with Crippen molar-refractivity contribution >= 4 is 40.4 Å². The number of nitrogens with one attached hydrogen (secondary N) is 1. The van der Waals surface area contributed by atoms with Crippen molar-refractivity contribution in [3.05, 3.63) is 93.5 Å². The molecule has 3 heterocycles. The molecule has 6 nitrogen and oxygen atoms in total. The average molecular weight is 505 g/mol. The van der Waals surface area contributed by atoms with Crippen molar-refractivity contribution < 1.29 is 9.59 Å². The summed E-state index contributed by atoms with van der Waals surface area (Å²) in [6.07, 6.45) is 0. The van der Waals surface area contributed by atoms with E-state index in [0.717, 1.165) is 27.3 Å². The molecule has 0 fully saturated rings. The van der Waals surface area contributed by atoms with Gasteiger partial charge in [0.1, 0.15) is 16.9 Å². The summed E-state index contributed by atoms with van der Waals surface area (Å²) in [7, 11) is 0. The number of benzene rings is 2. The molecule has 0 aliphatic carbocycles. The summed E-state index contributed by atoms with van der Waals surface area (Å²) in [4.78, 5) is 30.2. The molecular formula is C27H25ClN4O2S. The first-order valence-electron chi connectivity index (χ1n) is 11.3. The molecule has 0 bridgehead atoms. The fourth-order valence-corrected chi connectivity index (χ4v) is 5.25. The van der Waals surface area contributed by atoms with Crippen LogP contribution in [0.15, 0.2) is 66.0 Å². The number of hydrogen-bond acceptors (Lipinski definition) is 4. The smallest absolute Gasteiger partial charge is 0.277 e. The highest BCUT2D eigenvalue weighted by Gasteiger charge is 2.49. The lowest BCUT2D eigenvalue weighted by Crippen LogP contribution is -2.64. The molecule has 35 heavy (non-hydrogen) atoms. The minimum atomic E-state index is -1.22. The van der Waals surface area contributed by atoms with Gasteiger partial charge in [-0.05, 0) is 61.5 Å². The van der Waals surface area contributed by atoms with Gasteiger partial charge in [-0.2, -0.15) is 5.10 Å². The minimum absolute atomic E-state index is 0.213. The summed E-state index contributed by atoms with van der Waals surface area (Å²) in [5, 5.41) is 10.2. The molecular weight excluding hydrogens is 480 g/mol. The fourth-order valence-electron chi connectivity index (χ4n) is 4.41. The molecule has 2 amide bonds. The summed E-state index contributed by atoms with van der Waals surface area (Å²) >= 11 is 7.89. The number of amides is 2. The largest absolute Gasteiger partial charge is 0.350 e. The van der Waals surface area contributed by atoms with Gasteiger partial charge in [0.2, 0.25) is 5.91 Å². The number of anilines is 1. The maximum Gasteiger partial charge on any atom is 0.277 e. The quantitative estimate of drug-likeness (QED) is 0.383. The first-order chi connectivity index (χ1) is 16.8. The molecule has 2 aromatic heterocycles. The lowest BCUT2D eigenvalue weighted by atomic mass is 9.93. The van der Waals surface area contributed by atoms with Crippen LogP contribution in [0.1, 0.15) is 34.1 Å². The number of aromatic nitrogens is 2. The summed E-state index contributed by atoms with van der Waals surface area (Å²) in [5.74, 6) is -0.547. The highest BCUT2D eigenvalue weighted by molar-refractivity contribution is 7.13. The Labute approximate surface area is 213 Å². The number of thiophene rings is 1. The molecule has 8 heteroatoms. The van der Waals surface area contributed by atoms with Gasteiger partial charge in [-0.3, -0.25) is 19.2 Å². The van der Waals surface area contributed by atoms with Crippen LogP contribution < -0.4 is 10.2 Å². The third-order valence-electron chi connectivity index (χ3n) is 6.40. The number of hydrogen-bond donors (Lipinski definition) is 1. The maximum atomic E-state index is 13.9. The zero-order valence-electron chi connectivity index (χ0n) is 19.7. The Hall–Kier alpha value is -3.42. The second-order valence-electron chi connectivity index (χ2n) is 9.06. The zero-order chi connectivity index (χ0) is 24.7. The van der Waals surface area contributed by atoms with E-state index in [0.29, 0.717) is 22.9 Å². The average Bonchev–Trinajstić information content (AvgIpc) is 3.51. The molecule has 2 aromatic carbocycles. The second kappa shape index (κ2) is 8.98. The topological polar surface area (TPSA) is 67.2 Å². The number of carbonyl (C=O) groups is 2. The van der Waals surface area contributed by atoms with Gasteiger partial charge in [0.05, 0.1) is 11.4 Å². The molecule has 0 unspecified atom stereocenters. The first kappa shape index (κ1) is 23.3. The summed E-state index contributed by atoms with van der Waals surface area (Å²) < 4.78 is 1.65. The van der Waals surface area contributed by atoms with Crippen LogP contribution in [0.25, 0.3) is 10.6 Å². The Balaban J connectivity index is 1.56. The van der Waals surface area contributed by atoms with Gasteiger partial charge in [0, 0.05) is 17.3 Å². The van der Waals surface area contributed by atoms with Crippen molar-refractivity contribution in [2.75, 3.05) is 4.90 Å². The predicted octanol–water partition coefficient (Wildman–Crippen LogP) is 5.62. The Morgan fingerprint density at radius 3 is 2.63 bits per heavy atom. The van der Waals surface area contributed by atoms with Gasteiger partial charge >= 0.3 is 0 Å². The molecule has 1 N–H and O–H groups in total. The number of halogens is 1. The van der Waals surface area contributed by atoms with Gasteiger partial charge in [0.25, 0.3) is 5.91 Å². The Kier molecular flexibility index (Phi) is 5.99. The van der Waals surface area contributed by atoms with E-state index in [1.165, 1.54) is 0 Å². The van der Waals surface area contributed by atoms with Crippen LogP contribution in [0, 0.1) is 13.8 Å². The highest BCUT2D eigenvalue weighted by atomic mass is 35.5. The van der Waals surface area contributed by atoms with E-state index < -0.39 is 5.54 Å². The van der Waals surface area contributed by atoms with Crippen molar-refractivity contribution in [3.8, 4) is 10.6 Å². The fraction of sp³-hybridized carbons (Fsp3) is 0.222. The van der Waals surface area contributed by atoms with Crippen molar-refractivity contribution in [2.24, 2.45) is 0 Å². The number of aryl methyl sites for hydroxylation is 2. The van der Waals surface area contributed by atoms with E-state index in [2.05, 4.69) is 5.32 Å². The molecule has 0 spiro atoms. The molecule has 4 aromatic rings. The number of carbonyl (C=O) groups excluding carboxylic acids is 2. The molecule has 5 rings (SSSR count). The van der Waals surface area contributed by atoms with Gasteiger partial charge in [0.15, 0.2) is 0 Å². The molecule has 178 valence electrons. The van der Waals surface area contributed by atoms with Crippen molar-refractivity contribution in [2.45, 2.75) is 39.4 Å². The van der Waals surface area contributed by atoms with E-state index in [1.54, 1.807) is 46.0 Å². The molecule has 0 radical (unpaired) electrons. The predicted molar refractivity (Wildman–Crippen MR) is 140 cm³/mol. The first-order valence-corrected chi connectivity index (χ1v) is 12.6. The van der Waals surface area contributed by atoms with E-state index >= 15 is 0 Å². The zero-order valence-corrected chi connectivity index (χ0v) is 21.3. The van der Waals surface area contributed by atoms with E-state index in [1.807, 2.05) is 61.7 Å². The second-order valence-corrected chi connectivity index (χ2v) is 10.4. The van der Waals surface area contributed by atoms with Crippen molar-refractivity contribution in [1.29, 1.82) is 0 Å². The van der Waals surface area contributed by atoms with Crippen LogP contribution in [0.5, 0.6) is 0 Å². The monoisotopic (exact) mass is 504 g/mol. The number of fused-ring (bicyclic) bond motifs is 1. The Morgan fingerprint density at radius 2 is 1.91 bits per heavy atom. The lowest BCUT2D eigenvalue weighted by Gasteiger charge is -2.43. The van der Waals surface area contributed by atoms with Gasteiger partial charge < -0.3 is 5.32 Å². The molecule has 0 saturated carbocycles. The number of nitrogens with zero attached hydrogens (tertiary/aromatic N) is 3. The number of rotatable bonds is 5. The van der Waals surface area contributed by atoms with Crippen molar-refractivity contribution in [3.63, 3.8) is 0 Å². The van der Waals surface area contributed by atoms with E-state index in [9.17, 15) is 9.59 Å². The molecule has 1 aliphatic rings. The SMILES string of the molecule is Cc1ccc(CNC(=O)[C@]2(C)Cn3nc(-c4cccs4)cc3C(=O)N2c2cc(Cl)ccc2C)cc1. The Morgan fingerprint density at radius 1 is 1.14 bits per heavy atom. The lowest BCUT2D eigenvalue weighted by molar-refractivity contribution is -0.126. The molecule has 0 saturated heterocycles. The van der Waals surface area contributed by atoms with Gasteiger partial charge in [-0.25, -0.2) is 0 Å². The van der Waals surface area contributed by atoms with Gasteiger partial charge in [-0.15, -0.1) is 11.3 Å². The van der Waals surface area contributed by atoms with Gasteiger partial charge in [-0.1, -0.05) is 53.6 Å². The molecule has 1 aliphatic heterocycles. The Bertz CT molecular complexity index is 1410. The van der Waals surface area contributed by atoms with Crippen LogP contribution in [0.2, 0.25) is 5.02 Å². The van der Waals surface area contributed by atoms with Crippen LogP contribution in [0.4, 0.5) is 5.69 Å². The summed E-state index contributed by atoms with van der Waals surface area (Å²) in [6, 6.07) is 19.1. The third kappa shape index (κ3) is 4.26. The van der Waals surface area contributed by atoms with Crippen LogP contribution in [0.3, 0.4) is 0 Å². The van der Waals surface area contributed by atoms with Crippen molar-refractivity contribution in [1.82, 2.24) is 15.1 Å². The van der Waals surface area contributed by atoms with E-state index in [4.69, 9.17) is 16.7 Å². The molecule has 1 atom stereocenters. The maximum absolute atomic E-state index is 13.9. The summed E-state index contributed by atoms with van der Waals surface area (Å²) in [6.45, 7) is 6.29. The minimum Gasteiger partial charge on any atom is -0.350 e. The summed E-state index contributed by atoms with van der Waals surface area (Å²) in [5.41, 5.74) is 3.54. The van der Waals surface area contributed by atoms with Crippen LogP contribution in [-0.2, 0) is 17.9 Å². The third-order valence-corrected chi connectivity index (χ3v) is 7.53.